The minimum atomic E-state index is -0.0201. The second-order valence-corrected chi connectivity index (χ2v) is 8.04. The molecule has 0 saturated heterocycles. The number of amides is 1. The lowest BCUT2D eigenvalue weighted by atomic mass is 9.96. The lowest BCUT2D eigenvalue weighted by molar-refractivity contribution is -0.118. The second-order valence-electron chi connectivity index (χ2n) is 6.13. The summed E-state index contributed by atoms with van der Waals surface area (Å²) in [6, 6.07) is 6.49. The molecule has 2 aliphatic rings. The summed E-state index contributed by atoms with van der Waals surface area (Å²) in [5.41, 5.74) is 1.98. The van der Waals surface area contributed by atoms with Crippen LogP contribution in [0, 0.1) is 17.2 Å². The van der Waals surface area contributed by atoms with E-state index in [1.54, 1.807) is 6.07 Å². The zero-order valence-electron chi connectivity index (χ0n) is 12.6. The monoisotopic (exact) mass is 343 g/mol. The van der Waals surface area contributed by atoms with E-state index in [1.807, 2.05) is 16.7 Å². The number of carbonyl (C=O) groups excluding carboxylic acids is 1. The van der Waals surface area contributed by atoms with Gasteiger partial charge in [-0.25, -0.2) is 0 Å². The first-order valence-corrected chi connectivity index (χ1v) is 9.60. The summed E-state index contributed by atoms with van der Waals surface area (Å²) < 4.78 is 0. The van der Waals surface area contributed by atoms with Gasteiger partial charge in [0.15, 0.2) is 0 Å². The van der Waals surface area contributed by atoms with E-state index in [2.05, 4.69) is 27.7 Å². The molecule has 0 radical (unpaired) electrons. The third-order valence-corrected chi connectivity index (χ3v) is 6.40. The number of nitrogens with one attached hydrogen (secondary N) is 1. The maximum atomic E-state index is 12.4. The van der Waals surface area contributed by atoms with E-state index >= 15 is 0 Å². The van der Waals surface area contributed by atoms with Gasteiger partial charge in [-0.3, -0.25) is 9.69 Å². The Morgan fingerprint density at radius 3 is 2.96 bits per heavy atom. The minimum absolute atomic E-state index is 0.0201. The van der Waals surface area contributed by atoms with Crippen LogP contribution in [-0.2, 0) is 11.2 Å². The fourth-order valence-corrected chi connectivity index (χ4v) is 5.05. The summed E-state index contributed by atoms with van der Waals surface area (Å²) in [7, 11) is 0. The van der Waals surface area contributed by atoms with Gasteiger partial charge < -0.3 is 5.32 Å². The summed E-state index contributed by atoms with van der Waals surface area (Å²) in [5.74, 6) is 0.682. The number of fused-ring (bicyclic) bond motifs is 1. The number of hydrogen-bond acceptors (Lipinski definition) is 5. The first kappa shape index (κ1) is 14.9. The average Bonchev–Trinajstić information content (AvgIpc) is 3.08. The van der Waals surface area contributed by atoms with Crippen molar-refractivity contribution < 1.29 is 4.79 Å². The van der Waals surface area contributed by atoms with Crippen LogP contribution < -0.4 is 5.32 Å². The Hall–Kier alpha value is -1.68. The molecule has 1 atom stereocenters. The van der Waals surface area contributed by atoms with Crippen molar-refractivity contribution in [1.82, 2.24) is 4.90 Å². The molecule has 2 aromatic heterocycles. The Bertz CT molecular complexity index is 769. The maximum absolute atomic E-state index is 12.4. The van der Waals surface area contributed by atoms with Crippen molar-refractivity contribution in [2.45, 2.75) is 25.3 Å². The molecular formula is C17H17N3OS2. The van der Waals surface area contributed by atoms with Crippen molar-refractivity contribution in [3.8, 4) is 6.07 Å². The molecule has 0 spiro atoms. The fourth-order valence-electron chi connectivity index (χ4n) is 3.38. The molecule has 4 nitrogen and oxygen atoms in total. The van der Waals surface area contributed by atoms with E-state index < -0.39 is 0 Å². The lowest BCUT2D eigenvalue weighted by Crippen LogP contribution is -2.41. The van der Waals surface area contributed by atoms with Gasteiger partial charge in [-0.05, 0) is 53.6 Å². The molecule has 6 heteroatoms. The molecule has 1 aliphatic heterocycles. The van der Waals surface area contributed by atoms with Crippen LogP contribution in [0.15, 0.2) is 22.9 Å². The molecule has 3 heterocycles. The Labute approximate surface area is 143 Å². The Balaban J connectivity index is 1.48. The molecule has 0 unspecified atom stereocenters. The predicted octanol–water partition coefficient (Wildman–Crippen LogP) is 3.63. The number of nitrogens with zero attached hydrogens (tertiary/aromatic N) is 2. The van der Waals surface area contributed by atoms with Gasteiger partial charge in [-0.15, -0.1) is 22.7 Å². The second kappa shape index (κ2) is 6.08. The number of thiophene rings is 2. The highest BCUT2D eigenvalue weighted by molar-refractivity contribution is 7.14. The highest BCUT2D eigenvalue weighted by atomic mass is 32.1. The van der Waals surface area contributed by atoms with Gasteiger partial charge in [0.05, 0.1) is 12.1 Å². The average molecular weight is 343 g/mol. The van der Waals surface area contributed by atoms with Crippen LogP contribution in [0.25, 0.3) is 0 Å². The van der Waals surface area contributed by atoms with E-state index in [0.717, 1.165) is 13.0 Å². The van der Waals surface area contributed by atoms with Crippen LogP contribution in [0.4, 0.5) is 5.00 Å². The van der Waals surface area contributed by atoms with Crippen LogP contribution in [0.3, 0.4) is 0 Å². The van der Waals surface area contributed by atoms with E-state index in [1.165, 1.54) is 34.6 Å². The van der Waals surface area contributed by atoms with Gasteiger partial charge >= 0.3 is 0 Å². The molecule has 1 N–H and O–H groups in total. The van der Waals surface area contributed by atoms with Gasteiger partial charge in [0, 0.05) is 17.5 Å². The number of carbonyl (C=O) groups is 1. The predicted molar refractivity (Wildman–Crippen MR) is 92.7 cm³/mol. The number of nitriles is 1. The van der Waals surface area contributed by atoms with Crippen LogP contribution in [-0.4, -0.2) is 23.9 Å². The molecule has 1 amide bonds. The van der Waals surface area contributed by atoms with Crippen LogP contribution in [0.5, 0.6) is 0 Å². The molecule has 0 bridgehead atoms. The summed E-state index contributed by atoms with van der Waals surface area (Å²) in [6.07, 6.45) is 3.56. The maximum Gasteiger partial charge on any atom is 0.239 e. The largest absolute Gasteiger partial charge is 0.315 e. The van der Waals surface area contributed by atoms with Crippen molar-refractivity contribution >= 4 is 33.6 Å². The van der Waals surface area contributed by atoms with E-state index in [9.17, 15) is 4.79 Å². The molecular weight excluding hydrogens is 326 g/mol. The molecule has 1 saturated carbocycles. The number of rotatable bonds is 4. The zero-order chi connectivity index (χ0) is 15.8. The van der Waals surface area contributed by atoms with Crippen molar-refractivity contribution in [2.24, 2.45) is 5.92 Å². The zero-order valence-corrected chi connectivity index (χ0v) is 14.3. The summed E-state index contributed by atoms with van der Waals surface area (Å²) >= 11 is 3.24. The summed E-state index contributed by atoms with van der Waals surface area (Å²) in [5, 5.41) is 16.6. The van der Waals surface area contributed by atoms with Crippen LogP contribution in [0.1, 0.15) is 34.9 Å². The van der Waals surface area contributed by atoms with E-state index in [-0.39, 0.29) is 5.91 Å². The van der Waals surface area contributed by atoms with Gasteiger partial charge in [0.25, 0.3) is 0 Å². The standard InChI is InChI=1S/C17H17N3OS2/c18-9-12-4-7-23-17(12)19-15(21)10-20-6-3-14-13(5-8-22-14)16(20)11-1-2-11/h4-5,7-8,11,16H,1-3,6,10H2,(H,19,21)/t16-/m0/s1. The Morgan fingerprint density at radius 1 is 1.35 bits per heavy atom. The quantitative estimate of drug-likeness (QED) is 0.922. The normalized spacial score (nSPS) is 20.7. The Kier molecular flexibility index (Phi) is 3.93. The van der Waals surface area contributed by atoms with Crippen molar-refractivity contribution in [2.75, 3.05) is 18.4 Å². The third kappa shape index (κ3) is 2.92. The highest BCUT2D eigenvalue weighted by Gasteiger charge is 2.40. The number of anilines is 1. The molecule has 2 aromatic rings. The minimum Gasteiger partial charge on any atom is -0.315 e. The SMILES string of the molecule is N#Cc1ccsc1NC(=O)CN1CCc2sccc2[C@@H]1C1CC1. The topological polar surface area (TPSA) is 56.1 Å². The lowest BCUT2D eigenvalue weighted by Gasteiger charge is -2.35. The molecule has 4 rings (SSSR count). The van der Waals surface area contributed by atoms with E-state index in [0.29, 0.717) is 29.1 Å². The molecule has 23 heavy (non-hydrogen) atoms. The summed E-state index contributed by atoms with van der Waals surface area (Å²) in [6.45, 7) is 1.34. The third-order valence-electron chi connectivity index (χ3n) is 4.57. The van der Waals surface area contributed by atoms with Crippen LogP contribution in [0.2, 0.25) is 0 Å². The smallest absolute Gasteiger partial charge is 0.239 e. The van der Waals surface area contributed by atoms with Gasteiger partial charge in [0.1, 0.15) is 11.1 Å². The first-order valence-electron chi connectivity index (χ1n) is 7.84. The van der Waals surface area contributed by atoms with Crippen molar-refractivity contribution in [3.63, 3.8) is 0 Å². The summed E-state index contributed by atoms with van der Waals surface area (Å²) in [4.78, 5) is 16.2. The van der Waals surface area contributed by atoms with Gasteiger partial charge in [-0.2, -0.15) is 5.26 Å². The van der Waals surface area contributed by atoms with Crippen molar-refractivity contribution in [1.29, 1.82) is 5.26 Å². The first-order chi connectivity index (χ1) is 11.3. The molecule has 0 aromatic carbocycles. The number of hydrogen-bond donors (Lipinski definition) is 1. The van der Waals surface area contributed by atoms with Crippen LogP contribution >= 0.6 is 22.7 Å². The van der Waals surface area contributed by atoms with Gasteiger partial charge in [-0.1, -0.05) is 0 Å². The fraction of sp³-hybridized carbons (Fsp3) is 0.412. The van der Waals surface area contributed by atoms with Crippen molar-refractivity contribution in [3.05, 3.63) is 38.9 Å². The molecule has 1 fully saturated rings. The molecule has 118 valence electrons. The van der Waals surface area contributed by atoms with Gasteiger partial charge in [0.2, 0.25) is 5.91 Å². The highest BCUT2D eigenvalue weighted by Crippen LogP contribution is 2.48. The molecule has 1 aliphatic carbocycles. The Morgan fingerprint density at radius 2 is 2.17 bits per heavy atom. The van der Waals surface area contributed by atoms with E-state index in [4.69, 9.17) is 5.26 Å².